The average molecular weight is 353 g/mol. The Morgan fingerprint density at radius 2 is 1.42 bits per heavy atom. The third-order valence-corrected chi connectivity index (χ3v) is 5.30. The standard InChI is InChI=1S/C23H32N2O/c1-18-4-8-20(9-5-18)23(21-10-6-19(2)7-11-21)26-22-12-16-25(17-13-22)15-3-14-24/h4-11,22-23H,3,12-17,24H2,1-2H3. The van der Waals surface area contributed by atoms with Gasteiger partial charge in [-0.05, 0) is 57.3 Å². The Kier molecular flexibility index (Phi) is 6.84. The lowest BCUT2D eigenvalue weighted by Gasteiger charge is -2.34. The van der Waals surface area contributed by atoms with Crippen molar-refractivity contribution in [3.63, 3.8) is 0 Å². The van der Waals surface area contributed by atoms with Gasteiger partial charge in [-0.15, -0.1) is 0 Å². The fourth-order valence-electron chi connectivity index (χ4n) is 3.61. The second-order valence-electron chi connectivity index (χ2n) is 7.52. The van der Waals surface area contributed by atoms with Crippen LogP contribution in [0.2, 0.25) is 0 Å². The number of likely N-dealkylation sites (tertiary alicyclic amines) is 1. The third-order valence-electron chi connectivity index (χ3n) is 5.30. The van der Waals surface area contributed by atoms with Crippen LogP contribution in [-0.2, 0) is 4.74 Å². The molecule has 140 valence electrons. The second kappa shape index (κ2) is 9.31. The van der Waals surface area contributed by atoms with Crippen molar-refractivity contribution in [3.8, 4) is 0 Å². The molecule has 0 saturated carbocycles. The predicted molar refractivity (Wildman–Crippen MR) is 108 cm³/mol. The smallest absolute Gasteiger partial charge is 0.108 e. The molecule has 1 saturated heterocycles. The molecule has 1 aliphatic heterocycles. The lowest BCUT2D eigenvalue weighted by molar-refractivity contribution is -0.0269. The van der Waals surface area contributed by atoms with Crippen molar-refractivity contribution in [3.05, 3.63) is 70.8 Å². The number of piperidine rings is 1. The van der Waals surface area contributed by atoms with Gasteiger partial charge in [0.25, 0.3) is 0 Å². The normalized spacial score (nSPS) is 16.3. The van der Waals surface area contributed by atoms with E-state index in [4.69, 9.17) is 10.5 Å². The summed E-state index contributed by atoms with van der Waals surface area (Å²) in [6.07, 6.45) is 3.60. The van der Waals surface area contributed by atoms with Crippen molar-refractivity contribution in [2.75, 3.05) is 26.2 Å². The Morgan fingerprint density at radius 1 is 0.923 bits per heavy atom. The zero-order chi connectivity index (χ0) is 18.4. The third kappa shape index (κ3) is 5.16. The number of nitrogens with zero attached hydrogens (tertiary/aromatic N) is 1. The van der Waals surface area contributed by atoms with Crippen molar-refractivity contribution in [1.82, 2.24) is 4.90 Å². The molecule has 0 spiro atoms. The highest BCUT2D eigenvalue weighted by atomic mass is 16.5. The van der Waals surface area contributed by atoms with Crippen LogP contribution in [0, 0.1) is 13.8 Å². The van der Waals surface area contributed by atoms with Crippen LogP contribution in [0.25, 0.3) is 0 Å². The summed E-state index contributed by atoms with van der Waals surface area (Å²) in [4.78, 5) is 2.51. The minimum Gasteiger partial charge on any atom is -0.365 e. The van der Waals surface area contributed by atoms with Crippen LogP contribution < -0.4 is 5.73 Å². The van der Waals surface area contributed by atoms with E-state index < -0.39 is 0 Å². The minimum absolute atomic E-state index is 0.0109. The summed E-state index contributed by atoms with van der Waals surface area (Å²) in [5.41, 5.74) is 10.7. The van der Waals surface area contributed by atoms with Gasteiger partial charge in [-0.3, -0.25) is 0 Å². The largest absolute Gasteiger partial charge is 0.365 e. The summed E-state index contributed by atoms with van der Waals surface area (Å²) in [7, 11) is 0. The number of hydrogen-bond acceptors (Lipinski definition) is 3. The Labute approximate surface area is 158 Å². The van der Waals surface area contributed by atoms with Crippen molar-refractivity contribution in [2.45, 2.75) is 45.3 Å². The van der Waals surface area contributed by atoms with Gasteiger partial charge in [-0.1, -0.05) is 59.7 Å². The fraction of sp³-hybridized carbons (Fsp3) is 0.478. The maximum Gasteiger partial charge on any atom is 0.108 e. The first-order chi connectivity index (χ1) is 12.7. The highest BCUT2D eigenvalue weighted by Crippen LogP contribution is 2.30. The quantitative estimate of drug-likeness (QED) is 0.811. The number of hydrogen-bond donors (Lipinski definition) is 1. The first-order valence-electron chi connectivity index (χ1n) is 9.86. The number of benzene rings is 2. The van der Waals surface area contributed by atoms with E-state index in [9.17, 15) is 0 Å². The van der Waals surface area contributed by atoms with E-state index >= 15 is 0 Å². The van der Waals surface area contributed by atoms with Crippen LogP contribution in [0.4, 0.5) is 0 Å². The molecule has 1 aliphatic rings. The summed E-state index contributed by atoms with van der Waals surface area (Å²) in [6, 6.07) is 17.5. The van der Waals surface area contributed by atoms with E-state index in [1.54, 1.807) is 0 Å². The molecule has 0 bridgehead atoms. The van der Waals surface area contributed by atoms with Gasteiger partial charge in [0.05, 0.1) is 6.10 Å². The molecule has 0 aromatic heterocycles. The molecule has 0 unspecified atom stereocenters. The highest BCUT2D eigenvalue weighted by Gasteiger charge is 2.24. The zero-order valence-electron chi connectivity index (χ0n) is 16.2. The summed E-state index contributed by atoms with van der Waals surface area (Å²) in [5, 5.41) is 0. The Hall–Kier alpha value is -1.68. The molecule has 2 aromatic carbocycles. The first-order valence-corrected chi connectivity index (χ1v) is 9.86. The van der Waals surface area contributed by atoms with E-state index in [-0.39, 0.29) is 6.10 Å². The molecule has 0 aliphatic carbocycles. The molecule has 3 nitrogen and oxygen atoms in total. The first kappa shape index (κ1) is 19.1. The van der Waals surface area contributed by atoms with Crippen molar-refractivity contribution in [2.24, 2.45) is 5.73 Å². The van der Waals surface area contributed by atoms with Gasteiger partial charge in [-0.2, -0.15) is 0 Å². The number of rotatable bonds is 7. The van der Waals surface area contributed by atoms with Crippen LogP contribution in [0.3, 0.4) is 0 Å². The molecule has 0 radical (unpaired) electrons. The topological polar surface area (TPSA) is 38.5 Å². The van der Waals surface area contributed by atoms with Gasteiger partial charge in [0, 0.05) is 13.1 Å². The molecule has 1 fully saturated rings. The van der Waals surface area contributed by atoms with E-state index in [1.807, 2.05) is 0 Å². The molecule has 3 rings (SSSR count). The molecular formula is C23H32N2O. The molecule has 3 heteroatoms. The van der Waals surface area contributed by atoms with E-state index in [2.05, 4.69) is 67.3 Å². The predicted octanol–water partition coefficient (Wildman–Crippen LogP) is 4.22. The van der Waals surface area contributed by atoms with Gasteiger partial charge < -0.3 is 15.4 Å². The van der Waals surface area contributed by atoms with Crippen LogP contribution >= 0.6 is 0 Å². The number of aryl methyl sites for hydroxylation is 2. The van der Waals surface area contributed by atoms with Crippen LogP contribution in [0.5, 0.6) is 0 Å². The molecule has 26 heavy (non-hydrogen) atoms. The maximum absolute atomic E-state index is 6.64. The van der Waals surface area contributed by atoms with Crippen LogP contribution in [0.1, 0.15) is 47.6 Å². The van der Waals surface area contributed by atoms with Gasteiger partial charge in [-0.25, -0.2) is 0 Å². The lowest BCUT2D eigenvalue weighted by Crippen LogP contribution is -2.38. The van der Waals surface area contributed by atoms with Gasteiger partial charge in [0.1, 0.15) is 6.10 Å². The van der Waals surface area contributed by atoms with Gasteiger partial charge in [0.2, 0.25) is 0 Å². The average Bonchev–Trinajstić information content (AvgIpc) is 2.67. The Bertz CT molecular complexity index is 612. The molecule has 1 heterocycles. The van der Waals surface area contributed by atoms with Gasteiger partial charge >= 0.3 is 0 Å². The monoisotopic (exact) mass is 352 g/mol. The molecule has 2 N–H and O–H groups in total. The maximum atomic E-state index is 6.64. The van der Waals surface area contributed by atoms with Crippen molar-refractivity contribution in [1.29, 1.82) is 0 Å². The summed E-state index contributed by atoms with van der Waals surface area (Å²) >= 11 is 0. The lowest BCUT2D eigenvalue weighted by atomic mass is 9.98. The molecule has 0 atom stereocenters. The fourth-order valence-corrected chi connectivity index (χ4v) is 3.61. The molecule has 0 amide bonds. The number of nitrogens with two attached hydrogens (primary N) is 1. The number of ether oxygens (including phenoxy) is 1. The summed E-state index contributed by atoms with van der Waals surface area (Å²) in [6.45, 7) is 8.37. The summed E-state index contributed by atoms with van der Waals surface area (Å²) in [5.74, 6) is 0. The highest BCUT2D eigenvalue weighted by molar-refractivity contribution is 5.33. The zero-order valence-corrected chi connectivity index (χ0v) is 16.2. The van der Waals surface area contributed by atoms with Crippen LogP contribution in [-0.4, -0.2) is 37.2 Å². The van der Waals surface area contributed by atoms with E-state index in [0.29, 0.717) is 6.10 Å². The SMILES string of the molecule is Cc1ccc(C(OC2CCN(CCCN)CC2)c2ccc(C)cc2)cc1. The second-order valence-corrected chi connectivity index (χ2v) is 7.52. The van der Waals surface area contributed by atoms with Crippen molar-refractivity contribution >= 4 is 0 Å². The van der Waals surface area contributed by atoms with E-state index in [1.165, 1.54) is 22.3 Å². The Morgan fingerprint density at radius 3 is 1.88 bits per heavy atom. The molecular weight excluding hydrogens is 320 g/mol. The van der Waals surface area contributed by atoms with E-state index in [0.717, 1.165) is 45.4 Å². The molecule has 2 aromatic rings. The Balaban J connectivity index is 1.70. The van der Waals surface area contributed by atoms with Gasteiger partial charge in [0.15, 0.2) is 0 Å². The summed E-state index contributed by atoms with van der Waals surface area (Å²) < 4.78 is 6.64. The van der Waals surface area contributed by atoms with Crippen LogP contribution in [0.15, 0.2) is 48.5 Å². The minimum atomic E-state index is 0.0109. The van der Waals surface area contributed by atoms with Crippen molar-refractivity contribution < 1.29 is 4.74 Å².